The molecule has 1 fully saturated rings. The van der Waals surface area contributed by atoms with Crippen molar-refractivity contribution in [2.75, 3.05) is 6.61 Å². The Morgan fingerprint density at radius 3 is 2.93 bits per heavy atom. The second kappa shape index (κ2) is 6.02. The molecule has 0 bridgehead atoms. The van der Waals surface area contributed by atoms with E-state index in [-0.39, 0.29) is 5.91 Å². The zero-order chi connectivity index (χ0) is 10.4. The van der Waals surface area contributed by atoms with E-state index in [1.165, 1.54) is 12.8 Å². The summed E-state index contributed by atoms with van der Waals surface area (Å²) in [6.07, 6.45) is 6.69. The molecule has 3 nitrogen and oxygen atoms in total. The van der Waals surface area contributed by atoms with Crippen LogP contribution in [0, 0.1) is 5.92 Å². The SMILES string of the molecule is CC(=O)NC1CCCC(CCCO)C1. The third kappa shape index (κ3) is 4.09. The number of amides is 1. The van der Waals surface area contributed by atoms with Crippen LogP contribution in [0.5, 0.6) is 0 Å². The number of aliphatic hydroxyl groups excluding tert-OH is 1. The van der Waals surface area contributed by atoms with Gasteiger partial charge in [-0.25, -0.2) is 0 Å². The number of hydrogen-bond donors (Lipinski definition) is 2. The monoisotopic (exact) mass is 199 g/mol. The minimum absolute atomic E-state index is 0.0813. The number of nitrogens with one attached hydrogen (secondary N) is 1. The van der Waals surface area contributed by atoms with Crippen molar-refractivity contribution in [2.24, 2.45) is 5.92 Å². The number of carbonyl (C=O) groups excluding carboxylic acids is 1. The molecule has 0 saturated heterocycles. The van der Waals surface area contributed by atoms with Gasteiger partial charge in [-0.3, -0.25) is 4.79 Å². The fraction of sp³-hybridized carbons (Fsp3) is 0.909. The summed E-state index contributed by atoms with van der Waals surface area (Å²) in [5, 5.41) is 11.7. The van der Waals surface area contributed by atoms with E-state index >= 15 is 0 Å². The summed E-state index contributed by atoms with van der Waals surface area (Å²) in [5.41, 5.74) is 0. The Hall–Kier alpha value is -0.570. The maximum absolute atomic E-state index is 10.9. The Labute approximate surface area is 85.9 Å². The summed E-state index contributed by atoms with van der Waals surface area (Å²) >= 11 is 0. The van der Waals surface area contributed by atoms with Gasteiger partial charge in [0, 0.05) is 19.6 Å². The van der Waals surface area contributed by atoms with Gasteiger partial charge in [0.1, 0.15) is 0 Å². The van der Waals surface area contributed by atoms with Crippen LogP contribution in [0.25, 0.3) is 0 Å². The average Bonchev–Trinajstić information content (AvgIpc) is 2.14. The molecule has 0 spiro atoms. The van der Waals surface area contributed by atoms with Gasteiger partial charge in [-0.1, -0.05) is 12.8 Å². The fourth-order valence-electron chi connectivity index (χ4n) is 2.35. The summed E-state index contributed by atoms with van der Waals surface area (Å²) in [6, 6.07) is 0.380. The van der Waals surface area contributed by atoms with Crippen molar-refractivity contribution in [1.29, 1.82) is 0 Å². The third-order valence-electron chi connectivity index (χ3n) is 2.96. The third-order valence-corrected chi connectivity index (χ3v) is 2.96. The highest BCUT2D eigenvalue weighted by Gasteiger charge is 2.21. The van der Waals surface area contributed by atoms with Crippen LogP contribution >= 0.6 is 0 Å². The summed E-state index contributed by atoms with van der Waals surface area (Å²) < 4.78 is 0. The maximum Gasteiger partial charge on any atom is 0.217 e. The zero-order valence-electron chi connectivity index (χ0n) is 8.96. The molecule has 0 aliphatic heterocycles. The highest BCUT2D eigenvalue weighted by molar-refractivity contribution is 5.73. The van der Waals surface area contributed by atoms with Crippen molar-refractivity contribution in [3.8, 4) is 0 Å². The van der Waals surface area contributed by atoms with E-state index in [0.717, 1.165) is 25.7 Å². The van der Waals surface area contributed by atoms with Crippen LogP contribution in [0.3, 0.4) is 0 Å². The van der Waals surface area contributed by atoms with Crippen molar-refractivity contribution in [3.05, 3.63) is 0 Å². The highest BCUT2D eigenvalue weighted by Crippen LogP contribution is 2.27. The average molecular weight is 199 g/mol. The first-order valence-electron chi connectivity index (χ1n) is 5.60. The molecule has 0 aromatic carbocycles. The van der Waals surface area contributed by atoms with Crippen LogP contribution < -0.4 is 5.32 Å². The lowest BCUT2D eigenvalue weighted by molar-refractivity contribution is -0.119. The first kappa shape index (κ1) is 11.5. The summed E-state index contributed by atoms with van der Waals surface area (Å²) in [5.74, 6) is 0.783. The van der Waals surface area contributed by atoms with Crippen molar-refractivity contribution < 1.29 is 9.90 Å². The van der Waals surface area contributed by atoms with Crippen LogP contribution in [-0.2, 0) is 4.79 Å². The lowest BCUT2D eigenvalue weighted by Crippen LogP contribution is -2.37. The van der Waals surface area contributed by atoms with Crippen LogP contribution in [0.4, 0.5) is 0 Å². The first-order chi connectivity index (χ1) is 6.72. The van der Waals surface area contributed by atoms with Crippen LogP contribution in [0.1, 0.15) is 45.4 Å². The largest absolute Gasteiger partial charge is 0.396 e. The van der Waals surface area contributed by atoms with Crippen LogP contribution in [-0.4, -0.2) is 23.7 Å². The van der Waals surface area contributed by atoms with Gasteiger partial charge in [0.2, 0.25) is 5.91 Å². The number of aliphatic hydroxyl groups is 1. The van der Waals surface area contributed by atoms with Crippen molar-refractivity contribution in [2.45, 2.75) is 51.5 Å². The molecule has 2 unspecified atom stereocenters. The Bertz CT molecular complexity index is 182. The van der Waals surface area contributed by atoms with Crippen molar-refractivity contribution in [3.63, 3.8) is 0 Å². The lowest BCUT2D eigenvalue weighted by atomic mass is 9.83. The molecular formula is C11H21NO2. The molecule has 0 aromatic rings. The predicted octanol–water partition coefficient (Wildman–Crippen LogP) is 1.45. The van der Waals surface area contributed by atoms with E-state index in [2.05, 4.69) is 5.32 Å². The van der Waals surface area contributed by atoms with Gasteiger partial charge < -0.3 is 10.4 Å². The van der Waals surface area contributed by atoms with E-state index < -0.39 is 0 Å². The van der Waals surface area contributed by atoms with E-state index in [9.17, 15) is 4.79 Å². The van der Waals surface area contributed by atoms with E-state index in [1.807, 2.05) is 0 Å². The molecule has 0 heterocycles. The molecule has 0 aromatic heterocycles. The molecule has 82 valence electrons. The Morgan fingerprint density at radius 2 is 2.29 bits per heavy atom. The van der Waals surface area contributed by atoms with Crippen LogP contribution in [0.2, 0.25) is 0 Å². The Balaban J connectivity index is 2.24. The normalized spacial score (nSPS) is 27.3. The molecule has 1 rings (SSSR count). The maximum atomic E-state index is 10.9. The predicted molar refractivity (Wildman–Crippen MR) is 55.9 cm³/mol. The number of hydrogen-bond acceptors (Lipinski definition) is 2. The summed E-state index contributed by atoms with van der Waals surface area (Å²) in [7, 11) is 0. The summed E-state index contributed by atoms with van der Waals surface area (Å²) in [6.45, 7) is 1.87. The van der Waals surface area contributed by atoms with Crippen molar-refractivity contribution in [1.82, 2.24) is 5.32 Å². The Morgan fingerprint density at radius 1 is 1.50 bits per heavy atom. The topological polar surface area (TPSA) is 49.3 Å². The van der Waals surface area contributed by atoms with Gasteiger partial charge in [-0.2, -0.15) is 0 Å². The number of rotatable bonds is 4. The minimum Gasteiger partial charge on any atom is -0.396 e. The fourth-order valence-corrected chi connectivity index (χ4v) is 2.35. The number of carbonyl (C=O) groups is 1. The molecule has 0 radical (unpaired) electrons. The molecule has 1 saturated carbocycles. The molecule has 2 atom stereocenters. The van der Waals surface area contributed by atoms with Crippen LogP contribution in [0.15, 0.2) is 0 Å². The van der Waals surface area contributed by atoms with Gasteiger partial charge in [0.15, 0.2) is 0 Å². The molecule has 14 heavy (non-hydrogen) atoms. The first-order valence-corrected chi connectivity index (χ1v) is 5.60. The molecule has 1 aliphatic rings. The van der Waals surface area contributed by atoms with Gasteiger partial charge in [-0.15, -0.1) is 0 Å². The smallest absolute Gasteiger partial charge is 0.217 e. The lowest BCUT2D eigenvalue weighted by Gasteiger charge is -2.29. The van der Waals surface area contributed by atoms with E-state index in [0.29, 0.717) is 18.6 Å². The molecule has 3 heteroatoms. The minimum atomic E-state index is 0.0813. The molecular weight excluding hydrogens is 178 g/mol. The van der Waals surface area contributed by atoms with Gasteiger partial charge in [0.05, 0.1) is 0 Å². The van der Waals surface area contributed by atoms with Gasteiger partial charge in [-0.05, 0) is 31.6 Å². The summed E-state index contributed by atoms with van der Waals surface area (Å²) in [4.78, 5) is 10.9. The van der Waals surface area contributed by atoms with E-state index in [4.69, 9.17) is 5.11 Å². The highest BCUT2D eigenvalue weighted by atomic mass is 16.2. The Kier molecular flexibility index (Phi) is 4.94. The van der Waals surface area contributed by atoms with E-state index in [1.54, 1.807) is 6.92 Å². The zero-order valence-corrected chi connectivity index (χ0v) is 8.96. The molecule has 1 aliphatic carbocycles. The van der Waals surface area contributed by atoms with Crippen molar-refractivity contribution >= 4 is 5.91 Å². The molecule has 2 N–H and O–H groups in total. The quantitative estimate of drug-likeness (QED) is 0.720. The standard InChI is InChI=1S/C11H21NO2/c1-9(14)12-11-6-2-4-10(8-11)5-3-7-13/h10-11,13H,2-8H2,1H3,(H,12,14). The molecule has 1 amide bonds. The van der Waals surface area contributed by atoms with Gasteiger partial charge >= 0.3 is 0 Å². The second-order valence-electron chi connectivity index (χ2n) is 4.30. The second-order valence-corrected chi connectivity index (χ2v) is 4.30. The van der Waals surface area contributed by atoms with Gasteiger partial charge in [0.25, 0.3) is 0 Å².